The smallest absolute Gasteiger partial charge is 0.346 e. The lowest BCUT2D eigenvalue weighted by Crippen LogP contribution is -2.32. The van der Waals surface area contributed by atoms with E-state index in [0.717, 1.165) is 12.8 Å². The van der Waals surface area contributed by atoms with Gasteiger partial charge in [-0.05, 0) is 44.0 Å². The molecule has 0 bridgehead atoms. The molecule has 4 rings (SSSR count). The molecule has 2 heterocycles. The van der Waals surface area contributed by atoms with Crippen molar-refractivity contribution in [3.63, 3.8) is 0 Å². The summed E-state index contributed by atoms with van der Waals surface area (Å²) in [5, 5.41) is 10.7. The van der Waals surface area contributed by atoms with Crippen LogP contribution in [0.1, 0.15) is 35.1 Å². The Bertz CT molecular complexity index is 1030. The number of carbonyl (C=O) groups is 1. The van der Waals surface area contributed by atoms with Crippen molar-refractivity contribution in [3.8, 4) is 11.4 Å². The lowest BCUT2D eigenvalue weighted by atomic mass is 10.2. The Balaban J connectivity index is 1.51. The maximum Gasteiger partial charge on any atom is 0.346 e. The summed E-state index contributed by atoms with van der Waals surface area (Å²) in [4.78, 5) is 24.7. The maximum atomic E-state index is 13.2. The largest absolute Gasteiger partial charge is 0.361 e. The number of hydrogen-bond donors (Lipinski definition) is 1. The van der Waals surface area contributed by atoms with Crippen LogP contribution in [0.2, 0.25) is 0 Å². The third-order valence-electron chi connectivity index (χ3n) is 4.35. The Kier molecular flexibility index (Phi) is 4.35. The molecule has 1 N–H and O–H groups in total. The van der Waals surface area contributed by atoms with Crippen LogP contribution in [0.4, 0.5) is 4.39 Å². The van der Waals surface area contributed by atoms with Gasteiger partial charge in [0.25, 0.3) is 5.91 Å². The molecular weight excluding hydrogens is 353 g/mol. The predicted molar refractivity (Wildman–Crippen MR) is 93.7 cm³/mol. The second-order valence-electron chi connectivity index (χ2n) is 6.52. The molecule has 0 aliphatic heterocycles. The molecule has 0 spiro atoms. The van der Waals surface area contributed by atoms with Crippen molar-refractivity contribution in [1.82, 2.24) is 24.8 Å². The molecule has 1 saturated carbocycles. The molecular formula is C18H18FN5O3. The van der Waals surface area contributed by atoms with Crippen LogP contribution in [0.15, 0.2) is 39.6 Å². The number of aromatic nitrogens is 4. The number of aryl methyl sites for hydroxylation is 1. The van der Waals surface area contributed by atoms with Crippen LogP contribution in [0, 0.1) is 12.7 Å². The van der Waals surface area contributed by atoms with E-state index in [1.165, 1.54) is 22.9 Å². The lowest BCUT2D eigenvalue weighted by Gasteiger charge is -2.03. The van der Waals surface area contributed by atoms with Gasteiger partial charge in [-0.25, -0.2) is 13.9 Å². The van der Waals surface area contributed by atoms with E-state index in [0.29, 0.717) is 17.1 Å². The first-order chi connectivity index (χ1) is 13.0. The van der Waals surface area contributed by atoms with Gasteiger partial charge in [-0.1, -0.05) is 5.16 Å². The van der Waals surface area contributed by atoms with Crippen molar-refractivity contribution in [2.24, 2.45) is 0 Å². The third kappa shape index (κ3) is 3.53. The molecule has 1 aliphatic rings. The quantitative estimate of drug-likeness (QED) is 0.714. The predicted octanol–water partition coefficient (Wildman–Crippen LogP) is 1.91. The van der Waals surface area contributed by atoms with Crippen LogP contribution in [0.25, 0.3) is 11.4 Å². The zero-order valence-corrected chi connectivity index (χ0v) is 14.7. The highest BCUT2D eigenvalue weighted by Crippen LogP contribution is 2.36. The van der Waals surface area contributed by atoms with Gasteiger partial charge in [0.15, 0.2) is 11.5 Å². The van der Waals surface area contributed by atoms with Crippen molar-refractivity contribution in [3.05, 3.63) is 58.1 Å². The fraction of sp³-hybridized carbons (Fsp3) is 0.333. The number of amides is 1. The molecule has 1 aliphatic carbocycles. The highest BCUT2D eigenvalue weighted by molar-refractivity contribution is 5.92. The molecule has 3 aromatic rings. The maximum absolute atomic E-state index is 13.2. The molecule has 140 valence electrons. The minimum Gasteiger partial charge on any atom is -0.361 e. The molecule has 27 heavy (non-hydrogen) atoms. The van der Waals surface area contributed by atoms with E-state index < -0.39 is 0 Å². The number of halogens is 1. The molecule has 9 heteroatoms. The van der Waals surface area contributed by atoms with E-state index in [1.807, 2.05) is 0 Å². The summed E-state index contributed by atoms with van der Waals surface area (Å²) in [6.45, 7) is 2.13. The van der Waals surface area contributed by atoms with Crippen molar-refractivity contribution in [2.45, 2.75) is 32.4 Å². The minimum absolute atomic E-state index is 0.124. The first kappa shape index (κ1) is 17.2. The molecule has 0 atom stereocenters. The van der Waals surface area contributed by atoms with Crippen LogP contribution in [0.5, 0.6) is 0 Å². The van der Waals surface area contributed by atoms with E-state index in [-0.39, 0.29) is 42.2 Å². The first-order valence-electron chi connectivity index (χ1n) is 8.70. The van der Waals surface area contributed by atoms with Gasteiger partial charge in [0.2, 0.25) is 0 Å². The lowest BCUT2D eigenvalue weighted by molar-refractivity contribution is 0.0942. The summed E-state index contributed by atoms with van der Waals surface area (Å²) in [7, 11) is 0. The van der Waals surface area contributed by atoms with Gasteiger partial charge < -0.3 is 9.84 Å². The van der Waals surface area contributed by atoms with Crippen LogP contribution in [0.3, 0.4) is 0 Å². The molecule has 8 nitrogen and oxygen atoms in total. The third-order valence-corrected chi connectivity index (χ3v) is 4.35. The molecule has 1 amide bonds. The van der Waals surface area contributed by atoms with E-state index in [4.69, 9.17) is 4.52 Å². The zero-order valence-electron chi connectivity index (χ0n) is 14.7. The summed E-state index contributed by atoms with van der Waals surface area (Å²) in [6, 6.07) is 7.56. The van der Waals surface area contributed by atoms with Gasteiger partial charge in [0, 0.05) is 24.2 Å². The molecule has 0 saturated heterocycles. The molecule has 0 radical (unpaired) electrons. The Morgan fingerprint density at radius 3 is 2.70 bits per heavy atom. The SMILES string of the molecule is Cc1cc(C(=O)NCCn2nc(-c3ccc(F)cc3)n(C3CC3)c2=O)no1. The topological polar surface area (TPSA) is 95.0 Å². The van der Waals surface area contributed by atoms with Gasteiger partial charge in [0.05, 0.1) is 6.54 Å². The second kappa shape index (κ2) is 6.82. The standard InChI is InChI=1S/C18H18FN5O3/c1-11-10-15(22-27-11)17(25)20-8-9-23-18(26)24(14-6-7-14)16(21-23)12-2-4-13(19)5-3-12/h2-5,10,14H,6-9H2,1H3,(H,20,25). The second-order valence-corrected chi connectivity index (χ2v) is 6.52. The fourth-order valence-electron chi connectivity index (χ4n) is 2.86. The van der Waals surface area contributed by atoms with Gasteiger partial charge >= 0.3 is 5.69 Å². The number of benzene rings is 1. The fourth-order valence-corrected chi connectivity index (χ4v) is 2.86. The number of carbonyl (C=O) groups excluding carboxylic acids is 1. The van der Waals surface area contributed by atoms with E-state index in [9.17, 15) is 14.0 Å². The van der Waals surface area contributed by atoms with E-state index in [1.54, 1.807) is 23.6 Å². The Morgan fingerprint density at radius 1 is 1.33 bits per heavy atom. The number of rotatable bonds is 6. The first-order valence-corrected chi connectivity index (χ1v) is 8.70. The summed E-state index contributed by atoms with van der Waals surface area (Å²) < 4.78 is 21.0. The van der Waals surface area contributed by atoms with Crippen LogP contribution < -0.4 is 11.0 Å². The molecule has 1 fully saturated rings. The highest BCUT2D eigenvalue weighted by Gasteiger charge is 2.30. The number of nitrogens with zero attached hydrogens (tertiary/aromatic N) is 4. The van der Waals surface area contributed by atoms with E-state index in [2.05, 4.69) is 15.6 Å². The zero-order chi connectivity index (χ0) is 19.0. The van der Waals surface area contributed by atoms with Crippen molar-refractivity contribution in [2.75, 3.05) is 6.54 Å². The summed E-state index contributed by atoms with van der Waals surface area (Å²) >= 11 is 0. The van der Waals surface area contributed by atoms with Crippen LogP contribution in [-0.2, 0) is 6.54 Å². The molecule has 2 aromatic heterocycles. The minimum atomic E-state index is -0.375. The molecule has 1 aromatic carbocycles. The summed E-state index contributed by atoms with van der Waals surface area (Å²) in [5.74, 6) is 0.342. The average molecular weight is 371 g/mol. The van der Waals surface area contributed by atoms with Crippen molar-refractivity contribution >= 4 is 5.91 Å². The van der Waals surface area contributed by atoms with Crippen molar-refractivity contribution < 1.29 is 13.7 Å². The van der Waals surface area contributed by atoms with E-state index >= 15 is 0 Å². The normalized spacial score (nSPS) is 13.7. The van der Waals surface area contributed by atoms with Gasteiger partial charge in [0.1, 0.15) is 11.6 Å². The summed E-state index contributed by atoms with van der Waals surface area (Å²) in [5.41, 5.74) is 0.639. The van der Waals surface area contributed by atoms with Crippen molar-refractivity contribution in [1.29, 1.82) is 0 Å². The monoisotopic (exact) mass is 371 g/mol. The summed E-state index contributed by atoms with van der Waals surface area (Å²) in [6.07, 6.45) is 1.84. The van der Waals surface area contributed by atoms with Gasteiger partial charge in [-0.2, -0.15) is 0 Å². The highest BCUT2D eigenvalue weighted by atomic mass is 19.1. The number of hydrogen-bond acceptors (Lipinski definition) is 5. The Labute approximate surface area is 153 Å². The van der Waals surface area contributed by atoms with Crippen LogP contribution >= 0.6 is 0 Å². The van der Waals surface area contributed by atoms with Gasteiger partial charge in [-0.3, -0.25) is 9.36 Å². The van der Waals surface area contributed by atoms with Crippen LogP contribution in [-0.4, -0.2) is 32.0 Å². The molecule has 0 unspecified atom stereocenters. The Morgan fingerprint density at radius 2 is 2.07 bits per heavy atom. The number of nitrogens with one attached hydrogen (secondary N) is 1. The average Bonchev–Trinajstić information content (AvgIpc) is 3.31. The Hall–Kier alpha value is -3.23. The van der Waals surface area contributed by atoms with Gasteiger partial charge in [-0.15, -0.1) is 5.10 Å².